The summed E-state index contributed by atoms with van der Waals surface area (Å²) in [5.74, 6) is 0.113. The van der Waals surface area contributed by atoms with Crippen molar-refractivity contribution >= 4 is 17.5 Å². The minimum Gasteiger partial charge on any atom is -0.394 e. The first kappa shape index (κ1) is 18.2. The van der Waals surface area contributed by atoms with Crippen molar-refractivity contribution in [3.8, 4) is 0 Å². The second-order valence-electron chi connectivity index (χ2n) is 6.10. The van der Waals surface area contributed by atoms with Crippen molar-refractivity contribution in [3.05, 3.63) is 34.9 Å². The first-order valence-electron chi connectivity index (χ1n) is 8.42. The van der Waals surface area contributed by atoms with Gasteiger partial charge in [-0.2, -0.15) is 0 Å². The van der Waals surface area contributed by atoms with E-state index >= 15 is 0 Å². The molecule has 4 nitrogen and oxygen atoms in total. The summed E-state index contributed by atoms with van der Waals surface area (Å²) in [6, 6.07) is 7.70. The van der Waals surface area contributed by atoms with Gasteiger partial charge in [-0.05, 0) is 37.0 Å². The first-order valence-corrected chi connectivity index (χ1v) is 8.80. The van der Waals surface area contributed by atoms with Gasteiger partial charge in [-0.15, -0.1) is 0 Å². The summed E-state index contributed by atoms with van der Waals surface area (Å²) in [4.78, 5) is 12.9. The Bertz CT molecular complexity index is 484. The van der Waals surface area contributed by atoms with Gasteiger partial charge in [0.15, 0.2) is 0 Å². The number of amides is 1. The van der Waals surface area contributed by atoms with Gasteiger partial charge in [0.1, 0.15) is 0 Å². The number of ether oxygens (including phenoxy) is 1. The summed E-state index contributed by atoms with van der Waals surface area (Å²) < 4.78 is 5.22. The molecule has 1 aromatic carbocycles. The third-order valence-corrected chi connectivity index (χ3v) is 4.78. The maximum atomic E-state index is 12.9. The molecule has 2 N–H and O–H groups in total. The zero-order valence-corrected chi connectivity index (χ0v) is 14.3. The van der Waals surface area contributed by atoms with Gasteiger partial charge in [0.2, 0.25) is 5.91 Å². The molecule has 0 radical (unpaired) electrons. The fourth-order valence-corrected chi connectivity index (χ4v) is 3.41. The van der Waals surface area contributed by atoms with Crippen molar-refractivity contribution < 1.29 is 14.6 Å². The number of rotatable bonds is 8. The van der Waals surface area contributed by atoms with Gasteiger partial charge in [0.05, 0.1) is 18.6 Å². The molecule has 0 spiro atoms. The number of carbonyl (C=O) groups is 1. The molecule has 23 heavy (non-hydrogen) atoms. The smallest absolute Gasteiger partial charge is 0.230 e. The molecule has 128 valence electrons. The van der Waals surface area contributed by atoms with Crippen LogP contribution in [0.15, 0.2) is 24.3 Å². The van der Waals surface area contributed by atoms with Crippen molar-refractivity contribution in [2.45, 2.75) is 43.9 Å². The summed E-state index contributed by atoms with van der Waals surface area (Å²) in [7, 11) is 0. The minimum absolute atomic E-state index is 0.0338. The van der Waals surface area contributed by atoms with Gasteiger partial charge >= 0.3 is 0 Å². The number of hydrogen-bond acceptors (Lipinski definition) is 3. The molecule has 0 atom stereocenters. The Morgan fingerprint density at radius 2 is 1.87 bits per heavy atom. The van der Waals surface area contributed by atoms with Crippen molar-refractivity contribution in [1.82, 2.24) is 5.32 Å². The third kappa shape index (κ3) is 4.93. The molecule has 1 aromatic rings. The van der Waals surface area contributed by atoms with Crippen molar-refractivity contribution in [3.63, 3.8) is 0 Å². The number of nitrogens with one attached hydrogen (secondary N) is 1. The molecule has 5 heteroatoms. The molecule has 0 heterocycles. The molecule has 1 aliphatic rings. The van der Waals surface area contributed by atoms with E-state index in [1.165, 1.54) is 6.42 Å². The van der Waals surface area contributed by atoms with E-state index in [1.807, 2.05) is 24.3 Å². The highest BCUT2D eigenvalue weighted by Gasteiger charge is 2.40. The molecule has 0 aromatic heterocycles. The van der Waals surface area contributed by atoms with Crippen LogP contribution in [0.2, 0.25) is 5.02 Å². The van der Waals surface area contributed by atoms with Crippen molar-refractivity contribution in [1.29, 1.82) is 0 Å². The molecular formula is C18H26ClNO3. The fourth-order valence-electron chi connectivity index (χ4n) is 3.28. The average Bonchev–Trinajstić information content (AvgIpc) is 2.59. The molecular weight excluding hydrogens is 314 g/mol. The molecule has 0 bridgehead atoms. The monoisotopic (exact) mass is 339 g/mol. The lowest BCUT2D eigenvalue weighted by Crippen LogP contribution is -2.46. The SMILES string of the molecule is O=C(NCCCOCCO)C1(c2ccc(Cl)cc2)CCCCC1. The van der Waals surface area contributed by atoms with E-state index in [4.69, 9.17) is 21.4 Å². The number of aliphatic hydroxyl groups excluding tert-OH is 1. The Labute approximate surface area is 143 Å². The summed E-state index contributed by atoms with van der Waals surface area (Å²) >= 11 is 5.99. The van der Waals surface area contributed by atoms with Crippen LogP contribution in [0.1, 0.15) is 44.1 Å². The van der Waals surface area contributed by atoms with Crippen LogP contribution in [0.3, 0.4) is 0 Å². The highest BCUT2D eigenvalue weighted by molar-refractivity contribution is 6.30. The summed E-state index contributed by atoms with van der Waals surface area (Å²) in [6.07, 6.45) is 5.88. The van der Waals surface area contributed by atoms with Crippen molar-refractivity contribution in [2.24, 2.45) is 0 Å². The molecule has 0 aliphatic heterocycles. The largest absolute Gasteiger partial charge is 0.394 e. The Morgan fingerprint density at radius 3 is 2.52 bits per heavy atom. The predicted molar refractivity (Wildman–Crippen MR) is 91.7 cm³/mol. The standard InChI is InChI=1S/C18H26ClNO3/c19-16-7-5-15(6-8-16)18(9-2-1-3-10-18)17(22)20-11-4-13-23-14-12-21/h5-8,21H,1-4,9-14H2,(H,20,22). The topological polar surface area (TPSA) is 58.6 Å². The van der Waals surface area contributed by atoms with E-state index in [-0.39, 0.29) is 12.5 Å². The van der Waals surface area contributed by atoms with Gasteiger partial charge in [-0.25, -0.2) is 0 Å². The van der Waals surface area contributed by atoms with E-state index in [2.05, 4.69) is 5.32 Å². The van der Waals surface area contributed by atoms with Crippen LogP contribution in [-0.4, -0.2) is 37.4 Å². The summed E-state index contributed by atoms with van der Waals surface area (Å²) in [5.41, 5.74) is 0.644. The number of aliphatic hydroxyl groups is 1. The number of carbonyl (C=O) groups excluding carboxylic acids is 1. The second-order valence-corrected chi connectivity index (χ2v) is 6.53. The van der Waals surface area contributed by atoms with E-state index in [1.54, 1.807) is 0 Å². The molecule has 2 rings (SSSR count). The van der Waals surface area contributed by atoms with Crippen molar-refractivity contribution in [2.75, 3.05) is 26.4 Å². The molecule has 1 saturated carbocycles. The minimum atomic E-state index is -0.422. The van der Waals surface area contributed by atoms with Crippen LogP contribution in [0.5, 0.6) is 0 Å². The number of hydrogen-bond donors (Lipinski definition) is 2. The summed E-state index contributed by atoms with van der Waals surface area (Å²) in [6.45, 7) is 1.53. The van der Waals surface area contributed by atoms with E-state index in [0.717, 1.165) is 37.7 Å². The predicted octanol–water partition coefficient (Wildman–Crippen LogP) is 3.06. The van der Waals surface area contributed by atoms with Crippen LogP contribution in [0.25, 0.3) is 0 Å². The van der Waals surface area contributed by atoms with Crippen LogP contribution in [-0.2, 0) is 14.9 Å². The second kappa shape index (κ2) is 9.26. The molecule has 1 aliphatic carbocycles. The lowest BCUT2D eigenvalue weighted by atomic mass is 9.68. The van der Waals surface area contributed by atoms with Gasteiger partial charge in [-0.1, -0.05) is 43.0 Å². The Balaban J connectivity index is 1.97. The van der Waals surface area contributed by atoms with Crippen LogP contribution < -0.4 is 5.32 Å². The molecule has 0 saturated heterocycles. The lowest BCUT2D eigenvalue weighted by molar-refractivity contribution is -0.128. The van der Waals surface area contributed by atoms with Crippen LogP contribution >= 0.6 is 11.6 Å². The Kier molecular flexibility index (Phi) is 7.34. The van der Waals surface area contributed by atoms with Crippen LogP contribution in [0, 0.1) is 0 Å². The quantitative estimate of drug-likeness (QED) is 0.716. The van der Waals surface area contributed by atoms with Gasteiger partial charge in [0.25, 0.3) is 0 Å². The number of benzene rings is 1. The van der Waals surface area contributed by atoms with Gasteiger partial charge < -0.3 is 15.2 Å². The van der Waals surface area contributed by atoms with E-state index < -0.39 is 5.41 Å². The highest BCUT2D eigenvalue weighted by atomic mass is 35.5. The Hall–Kier alpha value is -1.10. The average molecular weight is 340 g/mol. The van der Waals surface area contributed by atoms with E-state index in [0.29, 0.717) is 24.8 Å². The van der Waals surface area contributed by atoms with Gasteiger partial charge in [0, 0.05) is 18.2 Å². The molecule has 1 amide bonds. The Morgan fingerprint density at radius 1 is 1.17 bits per heavy atom. The maximum Gasteiger partial charge on any atom is 0.230 e. The van der Waals surface area contributed by atoms with Crippen LogP contribution in [0.4, 0.5) is 0 Å². The molecule has 0 unspecified atom stereocenters. The first-order chi connectivity index (χ1) is 11.2. The highest BCUT2D eigenvalue weighted by Crippen LogP contribution is 2.40. The molecule has 1 fully saturated rings. The zero-order valence-electron chi connectivity index (χ0n) is 13.5. The normalized spacial score (nSPS) is 17.0. The van der Waals surface area contributed by atoms with E-state index in [9.17, 15) is 4.79 Å². The number of halogens is 1. The lowest BCUT2D eigenvalue weighted by Gasteiger charge is -2.36. The zero-order chi connectivity index (χ0) is 16.5. The maximum absolute atomic E-state index is 12.9. The van der Waals surface area contributed by atoms with Gasteiger partial charge in [-0.3, -0.25) is 4.79 Å². The summed E-state index contributed by atoms with van der Waals surface area (Å²) in [5, 5.41) is 12.4. The fraction of sp³-hybridized carbons (Fsp3) is 0.611. The third-order valence-electron chi connectivity index (χ3n) is 4.53.